The molecule has 1 radical (unpaired) electrons. The van der Waals surface area contributed by atoms with Crippen LogP contribution in [0.15, 0.2) is 0 Å². The molecule has 3 nitrogen and oxygen atoms in total. The lowest BCUT2D eigenvalue weighted by atomic mass is 9.75. The van der Waals surface area contributed by atoms with Gasteiger partial charge in [0, 0.05) is 7.05 Å². The van der Waals surface area contributed by atoms with Crippen LogP contribution in [0.3, 0.4) is 0 Å². The number of nitrogens with zero attached hydrogens (tertiary/aromatic N) is 1. The van der Waals surface area contributed by atoms with Crippen molar-refractivity contribution in [2.24, 2.45) is 0 Å². The first-order chi connectivity index (χ1) is 4.24. The van der Waals surface area contributed by atoms with Crippen molar-refractivity contribution in [2.75, 3.05) is 13.6 Å². The summed E-state index contributed by atoms with van der Waals surface area (Å²) in [6.45, 7) is 2.58. The molecule has 1 atom stereocenters. The maximum Gasteiger partial charge on any atom is 0.409 e. The van der Waals surface area contributed by atoms with Gasteiger partial charge in [-0.05, 0) is 0 Å². The molecule has 1 aliphatic rings. The summed E-state index contributed by atoms with van der Waals surface area (Å²) in [4.78, 5) is 12.2. The topological polar surface area (TPSA) is 29.5 Å². The molecule has 0 N–H and O–H groups in total. The molecule has 1 aliphatic heterocycles. The third-order valence-electron chi connectivity index (χ3n) is 1.39. The highest BCUT2D eigenvalue weighted by molar-refractivity contribution is 6.36. The van der Waals surface area contributed by atoms with Gasteiger partial charge in [-0.1, -0.05) is 6.82 Å². The van der Waals surface area contributed by atoms with Crippen LogP contribution in [-0.4, -0.2) is 37.9 Å². The van der Waals surface area contributed by atoms with Gasteiger partial charge in [-0.15, -0.1) is 0 Å². The lowest BCUT2D eigenvalue weighted by Crippen LogP contribution is -2.21. The molecule has 1 heterocycles. The molecule has 0 aliphatic carbocycles. The molecule has 0 aromatic heterocycles. The number of rotatable bonds is 1. The van der Waals surface area contributed by atoms with E-state index in [0.29, 0.717) is 6.54 Å². The summed E-state index contributed by atoms with van der Waals surface area (Å²) in [6, 6.07) is 0.00231. The van der Waals surface area contributed by atoms with Gasteiger partial charge in [-0.25, -0.2) is 4.79 Å². The highest BCUT2D eigenvalue weighted by Crippen LogP contribution is 2.06. The van der Waals surface area contributed by atoms with E-state index >= 15 is 0 Å². The van der Waals surface area contributed by atoms with E-state index < -0.39 is 0 Å². The molecule has 0 saturated carbocycles. The van der Waals surface area contributed by atoms with Crippen molar-refractivity contribution in [1.29, 1.82) is 0 Å². The Hall–Kier alpha value is -0.665. The summed E-state index contributed by atoms with van der Waals surface area (Å²) in [5.41, 5.74) is 0. The number of amides is 1. The third-order valence-corrected chi connectivity index (χ3v) is 1.39. The Morgan fingerprint density at radius 2 is 2.56 bits per heavy atom. The molecule has 1 fully saturated rings. The second kappa shape index (κ2) is 2.29. The number of ether oxygens (including phenoxy) is 1. The quantitative estimate of drug-likeness (QED) is 0.468. The number of carbonyl (C=O) groups is 1. The highest BCUT2D eigenvalue weighted by Gasteiger charge is 2.26. The van der Waals surface area contributed by atoms with Crippen molar-refractivity contribution in [2.45, 2.75) is 12.8 Å². The summed E-state index contributed by atoms with van der Waals surface area (Å²) in [5, 5.41) is 0. The zero-order chi connectivity index (χ0) is 6.85. The van der Waals surface area contributed by atoms with Gasteiger partial charge in [0.15, 0.2) is 7.28 Å². The molecule has 0 aromatic carbocycles. The fourth-order valence-electron chi connectivity index (χ4n) is 0.775. The van der Waals surface area contributed by atoms with E-state index in [-0.39, 0.29) is 12.1 Å². The average Bonchev–Trinajstić information content (AvgIpc) is 2.13. The van der Waals surface area contributed by atoms with Gasteiger partial charge in [0.05, 0.1) is 12.5 Å². The van der Waals surface area contributed by atoms with Crippen LogP contribution in [0.5, 0.6) is 0 Å². The van der Waals surface area contributed by atoms with Crippen molar-refractivity contribution in [1.82, 2.24) is 4.90 Å². The van der Waals surface area contributed by atoms with Crippen molar-refractivity contribution >= 4 is 13.4 Å². The monoisotopic (exact) mass is 126 g/mol. The first-order valence-corrected chi connectivity index (χ1v) is 2.95. The summed E-state index contributed by atoms with van der Waals surface area (Å²) in [7, 11) is 3.60. The second-order valence-electron chi connectivity index (χ2n) is 2.14. The van der Waals surface area contributed by atoms with Gasteiger partial charge < -0.3 is 9.64 Å². The summed E-state index contributed by atoms with van der Waals surface area (Å²) < 4.78 is 4.85. The van der Waals surface area contributed by atoms with Crippen LogP contribution in [0.2, 0.25) is 6.82 Å². The molecule has 1 saturated heterocycles. The smallest absolute Gasteiger partial charge is 0.409 e. The molecular weight excluding hydrogens is 117 g/mol. The first-order valence-electron chi connectivity index (χ1n) is 2.95. The Morgan fingerprint density at radius 3 is 2.78 bits per heavy atom. The van der Waals surface area contributed by atoms with E-state index in [2.05, 4.69) is 0 Å². The van der Waals surface area contributed by atoms with Crippen molar-refractivity contribution < 1.29 is 9.53 Å². The minimum Gasteiger partial charge on any atom is -0.454 e. The molecule has 0 bridgehead atoms. The minimum absolute atomic E-state index is 0.00231. The van der Waals surface area contributed by atoms with Crippen LogP contribution in [0.4, 0.5) is 4.79 Å². The molecule has 1 amide bonds. The number of hydrogen-bond acceptors (Lipinski definition) is 2. The van der Waals surface area contributed by atoms with Crippen molar-refractivity contribution in [3.05, 3.63) is 0 Å². The Morgan fingerprint density at radius 1 is 1.89 bits per heavy atom. The Kier molecular flexibility index (Phi) is 1.64. The van der Waals surface area contributed by atoms with Gasteiger partial charge in [0.25, 0.3) is 0 Å². The number of cyclic esters (lactones) is 1. The summed E-state index contributed by atoms with van der Waals surface area (Å²) in [6.07, 6.45) is -0.224. The Labute approximate surface area is 55.2 Å². The lowest BCUT2D eigenvalue weighted by Gasteiger charge is -2.00. The fourth-order valence-corrected chi connectivity index (χ4v) is 0.775. The zero-order valence-corrected chi connectivity index (χ0v) is 5.63. The van der Waals surface area contributed by atoms with Gasteiger partial charge in [0.1, 0.15) is 0 Å². The highest BCUT2D eigenvalue weighted by atomic mass is 16.6. The number of likely N-dealkylation sites (N-methyl/N-ethyl adjacent to an activating group) is 1. The zero-order valence-electron chi connectivity index (χ0n) is 5.63. The molecule has 1 rings (SSSR count). The van der Waals surface area contributed by atoms with Crippen molar-refractivity contribution in [3.63, 3.8) is 0 Å². The van der Waals surface area contributed by atoms with Crippen LogP contribution < -0.4 is 0 Å². The van der Waals surface area contributed by atoms with E-state index in [1.54, 1.807) is 11.9 Å². The molecule has 0 spiro atoms. The maximum absolute atomic E-state index is 10.6. The Bertz CT molecular complexity index is 128. The second-order valence-corrected chi connectivity index (χ2v) is 2.14. The standard InChI is InChI=1S/C5H9BNO2/c1-6-4-3-7(2)5(8)9-4/h4H,3H2,1-2H3. The van der Waals surface area contributed by atoms with Gasteiger partial charge in [-0.3, -0.25) is 0 Å². The minimum atomic E-state index is -0.224. The summed E-state index contributed by atoms with van der Waals surface area (Å²) >= 11 is 0. The van der Waals surface area contributed by atoms with Crippen LogP contribution in [0.1, 0.15) is 0 Å². The van der Waals surface area contributed by atoms with Gasteiger partial charge in [0.2, 0.25) is 0 Å². The normalized spacial score (nSPS) is 26.2. The molecular formula is C5H9BNO2. The largest absolute Gasteiger partial charge is 0.454 e. The van der Waals surface area contributed by atoms with E-state index in [0.717, 1.165) is 0 Å². The van der Waals surface area contributed by atoms with Crippen LogP contribution >= 0.6 is 0 Å². The molecule has 9 heavy (non-hydrogen) atoms. The van der Waals surface area contributed by atoms with Gasteiger partial charge >= 0.3 is 6.09 Å². The van der Waals surface area contributed by atoms with E-state index in [1.165, 1.54) is 0 Å². The van der Waals surface area contributed by atoms with Crippen LogP contribution in [-0.2, 0) is 4.74 Å². The maximum atomic E-state index is 10.6. The molecule has 49 valence electrons. The predicted octanol–water partition coefficient (Wildman–Crippen LogP) is 0.147. The van der Waals surface area contributed by atoms with E-state index in [9.17, 15) is 4.79 Å². The lowest BCUT2D eigenvalue weighted by molar-refractivity contribution is 0.155. The fraction of sp³-hybridized carbons (Fsp3) is 0.800. The predicted molar refractivity (Wildman–Crippen MR) is 34.5 cm³/mol. The van der Waals surface area contributed by atoms with Crippen molar-refractivity contribution in [3.8, 4) is 0 Å². The summed E-state index contributed by atoms with van der Waals surface area (Å²) in [5.74, 6) is 0. The number of hydrogen-bond donors (Lipinski definition) is 0. The number of carbonyl (C=O) groups excluding carboxylic acids is 1. The van der Waals surface area contributed by atoms with Crippen LogP contribution in [0, 0.1) is 0 Å². The van der Waals surface area contributed by atoms with Crippen LogP contribution in [0.25, 0.3) is 0 Å². The van der Waals surface area contributed by atoms with E-state index in [4.69, 9.17) is 4.74 Å². The van der Waals surface area contributed by atoms with Gasteiger partial charge in [-0.2, -0.15) is 0 Å². The molecule has 0 aromatic rings. The molecule has 1 unspecified atom stereocenters. The average molecular weight is 126 g/mol. The molecule has 4 heteroatoms. The first kappa shape index (κ1) is 6.45. The van der Waals surface area contributed by atoms with E-state index in [1.807, 2.05) is 14.1 Å². The SMILES string of the molecule is C[B]C1CN(C)C(=O)O1. The Balaban J connectivity index is 2.44. The third kappa shape index (κ3) is 1.17.